The number of carbonyl (C=O) groups excluding carboxylic acids is 1. The normalized spacial score (nSPS) is 24.4. The van der Waals surface area contributed by atoms with Crippen molar-refractivity contribution in [3.8, 4) is 17.5 Å². The molecule has 2 amide bonds. The molecule has 1 aliphatic heterocycles. The number of aryl methyl sites for hydroxylation is 2. The summed E-state index contributed by atoms with van der Waals surface area (Å²) in [4.78, 5) is 19.4. The zero-order valence-corrected chi connectivity index (χ0v) is 17.5. The molecule has 2 fully saturated rings. The molecule has 158 valence electrons. The molecule has 3 atom stereocenters. The summed E-state index contributed by atoms with van der Waals surface area (Å²) in [5, 5.41) is 24.9. The molecule has 2 bridgehead atoms. The third-order valence-electron chi connectivity index (χ3n) is 6.13. The van der Waals surface area contributed by atoms with Gasteiger partial charge < -0.3 is 14.6 Å². The van der Waals surface area contributed by atoms with Gasteiger partial charge in [-0.15, -0.1) is 10.2 Å². The molecular weight excluding hydrogens is 396 g/mol. The van der Waals surface area contributed by atoms with Gasteiger partial charge in [0.25, 0.3) is 0 Å². The molecule has 10 heteroatoms. The van der Waals surface area contributed by atoms with Gasteiger partial charge in [-0.05, 0) is 37.0 Å². The zero-order valence-electron chi connectivity index (χ0n) is 17.5. The molecule has 0 spiro atoms. The summed E-state index contributed by atoms with van der Waals surface area (Å²) < 4.78 is 7.32. The molecule has 10 nitrogen and oxygen atoms in total. The molecule has 1 N–H and O–H groups in total. The number of fused-ring (bicyclic) bond motifs is 2. The van der Waals surface area contributed by atoms with Crippen molar-refractivity contribution >= 4 is 11.7 Å². The predicted octanol–water partition coefficient (Wildman–Crippen LogP) is 2.98. The minimum absolute atomic E-state index is 0.131. The van der Waals surface area contributed by atoms with Gasteiger partial charge in [0.1, 0.15) is 11.9 Å². The highest BCUT2D eigenvalue weighted by Crippen LogP contribution is 2.55. The van der Waals surface area contributed by atoms with Crippen molar-refractivity contribution in [2.75, 3.05) is 5.32 Å². The number of carbonyl (C=O) groups is 1. The van der Waals surface area contributed by atoms with Gasteiger partial charge in [-0.25, -0.2) is 9.78 Å². The summed E-state index contributed by atoms with van der Waals surface area (Å²) in [6, 6.07) is 7.17. The Kier molecular flexibility index (Phi) is 4.28. The lowest BCUT2D eigenvalue weighted by atomic mass is 9.64. The average Bonchev–Trinajstić information content (AvgIpc) is 3.35. The highest BCUT2D eigenvalue weighted by Gasteiger charge is 2.62. The molecule has 0 unspecified atom stereocenters. The topological polar surface area (TPSA) is 126 Å². The van der Waals surface area contributed by atoms with Crippen molar-refractivity contribution < 1.29 is 9.21 Å². The van der Waals surface area contributed by atoms with Crippen LogP contribution in [0, 0.1) is 24.2 Å². The van der Waals surface area contributed by atoms with Crippen LogP contribution in [0.4, 0.5) is 10.5 Å². The second kappa shape index (κ2) is 6.91. The number of hydrogen-bond donors (Lipinski definition) is 1. The Morgan fingerprint density at radius 1 is 1.35 bits per heavy atom. The minimum Gasteiger partial charge on any atom is -0.423 e. The molecule has 2 aliphatic rings. The van der Waals surface area contributed by atoms with Gasteiger partial charge in [-0.2, -0.15) is 10.4 Å². The Bertz CT molecular complexity index is 1210. The quantitative estimate of drug-likeness (QED) is 0.693. The third-order valence-corrected chi connectivity index (χ3v) is 6.13. The number of nitrogens with zero attached hydrogens (tertiary/aromatic N) is 7. The van der Waals surface area contributed by atoms with Crippen molar-refractivity contribution in [2.45, 2.75) is 44.7 Å². The number of piperidine rings is 1. The van der Waals surface area contributed by atoms with Crippen molar-refractivity contribution in [1.29, 1.82) is 5.26 Å². The number of aromatic nitrogens is 5. The summed E-state index contributed by atoms with van der Waals surface area (Å²) in [7, 11) is 1.76. The van der Waals surface area contributed by atoms with Gasteiger partial charge in [-0.1, -0.05) is 6.92 Å². The lowest BCUT2D eigenvalue weighted by Gasteiger charge is -2.61. The maximum absolute atomic E-state index is 13.3. The van der Waals surface area contributed by atoms with Crippen LogP contribution in [-0.4, -0.2) is 41.9 Å². The maximum atomic E-state index is 13.3. The van der Waals surface area contributed by atoms with E-state index in [2.05, 4.69) is 38.6 Å². The number of benzene rings is 1. The number of nitrogens with one attached hydrogen (secondary N) is 1. The Labute approximate surface area is 178 Å². The molecule has 2 aromatic heterocycles. The van der Waals surface area contributed by atoms with E-state index in [1.54, 1.807) is 43.2 Å². The largest absolute Gasteiger partial charge is 0.423 e. The highest BCUT2D eigenvalue weighted by molar-refractivity contribution is 5.92. The highest BCUT2D eigenvalue weighted by atomic mass is 16.4. The molecule has 3 aromatic rings. The first kappa shape index (κ1) is 19.2. The van der Waals surface area contributed by atoms with Crippen LogP contribution in [0.5, 0.6) is 0 Å². The molecule has 1 saturated carbocycles. The SMILES string of the molecule is Cc1nnc([C@]23C[C@H](C)C[C@H](C2)N3C(=O)Nc2ccc(C#N)c(-c3ncn(C)n3)c2)o1. The average molecular weight is 418 g/mol. The Balaban J connectivity index is 1.44. The molecule has 1 saturated heterocycles. The van der Waals surface area contributed by atoms with E-state index in [-0.39, 0.29) is 12.1 Å². The van der Waals surface area contributed by atoms with E-state index in [1.807, 2.05) is 4.90 Å². The lowest BCUT2D eigenvalue weighted by Crippen LogP contribution is -2.70. The number of rotatable bonds is 3. The number of urea groups is 1. The fourth-order valence-electron chi connectivity index (χ4n) is 4.98. The van der Waals surface area contributed by atoms with Crippen molar-refractivity contribution in [3.05, 3.63) is 41.9 Å². The van der Waals surface area contributed by atoms with E-state index < -0.39 is 5.54 Å². The van der Waals surface area contributed by atoms with E-state index in [9.17, 15) is 10.1 Å². The molecule has 3 heterocycles. The van der Waals surface area contributed by atoms with Gasteiger partial charge in [0.2, 0.25) is 11.8 Å². The fraction of sp³-hybridized carbons (Fsp3) is 0.429. The summed E-state index contributed by atoms with van der Waals surface area (Å²) in [5.41, 5.74) is 1.02. The fourth-order valence-corrected chi connectivity index (χ4v) is 4.98. The molecule has 1 aromatic carbocycles. The van der Waals surface area contributed by atoms with Crippen LogP contribution in [-0.2, 0) is 12.6 Å². The number of amides is 2. The summed E-state index contributed by atoms with van der Waals surface area (Å²) in [5.74, 6) is 1.89. The summed E-state index contributed by atoms with van der Waals surface area (Å²) >= 11 is 0. The number of hydrogen-bond acceptors (Lipinski definition) is 7. The molecular formula is C21H22N8O2. The van der Waals surface area contributed by atoms with E-state index in [0.29, 0.717) is 40.3 Å². The van der Waals surface area contributed by atoms with Crippen LogP contribution in [0.15, 0.2) is 28.9 Å². The Morgan fingerprint density at radius 2 is 2.19 bits per heavy atom. The van der Waals surface area contributed by atoms with Crippen LogP contribution in [0.1, 0.15) is 43.5 Å². The van der Waals surface area contributed by atoms with Gasteiger partial charge in [0, 0.05) is 37.7 Å². The van der Waals surface area contributed by atoms with Gasteiger partial charge in [0.15, 0.2) is 5.82 Å². The number of nitriles is 1. The van der Waals surface area contributed by atoms with Gasteiger partial charge >= 0.3 is 6.03 Å². The summed E-state index contributed by atoms with van der Waals surface area (Å²) in [6.07, 6.45) is 4.12. The second-order valence-electron chi connectivity index (χ2n) is 8.47. The molecule has 0 radical (unpaired) electrons. The van der Waals surface area contributed by atoms with Crippen molar-refractivity contribution in [2.24, 2.45) is 13.0 Å². The Hall–Kier alpha value is -3.74. The standard InChI is InChI=1S/C21H22N8O2/c1-12-6-16-9-21(8-12,19-26-25-13(2)31-19)29(16)20(30)24-15-5-4-14(10-22)17(7-15)18-23-11-28(3)27-18/h4-5,7,11-12,16H,6,8-9H2,1-3H3,(H,24,30)/t12-,16-,21+/m1/s1. The first-order chi connectivity index (χ1) is 14.9. The van der Waals surface area contributed by atoms with Gasteiger partial charge in [0.05, 0.1) is 11.6 Å². The lowest BCUT2D eigenvalue weighted by molar-refractivity contribution is -0.110. The van der Waals surface area contributed by atoms with Crippen molar-refractivity contribution in [1.82, 2.24) is 29.9 Å². The van der Waals surface area contributed by atoms with Gasteiger partial charge in [-0.3, -0.25) is 4.68 Å². The van der Waals surface area contributed by atoms with Crippen molar-refractivity contribution in [3.63, 3.8) is 0 Å². The monoisotopic (exact) mass is 418 g/mol. The van der Waals surface area contributed by atoms with E-state index >= 15 is 0 Å². The first-order valence-electron chi connectivity index (χ1n) is 10.2. The van der Waals surface area contributed by atoms with E-state index in [4.69, 9.17) is 4.42 Å². The van der Waals surface area contributed by atoms with Crippen LogP contribution in [0.2, 0.25) is 0 Å². The van der Waals surface area contributed by atoms with Crippen LogP contribution in [0.25, 0.3) is 11.4 Å². The van der Waals surface area contributed by atoms with E-state index in [0.717, 1.165) is 19.3 Å². The maximum Gasteiger partial charge on any atom is 0.323 e. The van der Waals surface area contributed by atoms with Crippen LogP contribution in [0.3, 0.4) is 0 Å². The first-order valence-corrected chi connectivity index (χ1v) is 10.2. The second-order valence-corrected chi connectivity index (χ2v) is 8.47. The molecule has 31 heavy (non-hydrogen) atoms. The minimum atomic E-state index is -0.564. The summed E-state index contributed by atoms with van der Waals surface area (Å²) in [6.45, 7) is 3.94. The molecule has 5 rings (SSSR count). The molecule has 1 aliphatic carbocycles. The Morgan fingerprint density at radius 3 is 2.87 bits per heavy atom. The van der Waals surface area contributed by atoms with Crippen LogP contribution >= 0.6 is 0 Å². The third kappa shape index (κ3) is 3.04. The number of likely N-dealkylation sites (tertiary alicyclic amines) is 1. The van der Waals surface area contributed by atoms with E-state index in [1.165, 1.54) is 0 Å². The van der Waals surface area contributed by atoms with Crippen LogP contribution < -0.4 is 5.32 Å². The number of anilines is 1. The smallest absolute Gasteiger partial charge is 0.323 e. The predicted molar refractivity (Wildman–Crippen MR) is 110 cm³/mol. The zero-order chi connectivity index (χ0) is 21.8.